The van der Waals surface area contributed by atoms with E-state index in [1.807, 2.05) is 0 Å². The van der Waals surface area contributed by atoms with Crippen molar-refractivity contribution < 1.29 is 19.2 Å². The minimum Gasteiger partial charge on any atom is -0.354 e. The molecule has 6 nitrogen and oxygen atoms in total. The van der Waals surface area contributed by atoms with E-state index in [2.05, 4.69) is 5.32 Å². The van der Waals surface area contributed by atoms with E-state index in [1.54, 1.807) is 6.92 Å². The van der Waals surface area contributed by atoms with Gasteiger partial charge in [-0.1, -0.05) is 0 Å². The Bertz CT molecular complexity index is 459. The molecule has 0 fully saturated rings. The van der Waals surface area contributed by atoms with Gasteiger partial charge in [0.15, 0.2) is 7.85 Å². The molecule has 108 valence electrons. The largest absolute Gasteiger partial charge is 0.354 e. The van der Waals surface area contributed by atoms with E-state index in [1.165, 1.54) is 13.9 Å². The number of nitrogens with one attached hydrogen (secondary N) is 1. The molecule has 0 aromatic rings. The summed E-state index contributed by atoms with van der Waals surface area (Å²) < 4.78 is 0. The smallest absolute Gasteiger partial charge is 0.256 e. The minimum atomic E-state index is -0.330. The number of hydrogen-bond acceptors (Lipinski definition) is 4. The van der Waals surface area contributed by atoms with Crippen molar-refractivity contribution in [1.29, 1.82) is 0 Å². The lowest BCUT2D eigenvalue weighted by Crippen LogP contribution is -2.38. The first kappa shape index (κ1) is 16.1. The van der Waals surface area contributed by atoms with Crippen LogP contribution >= 0.6 is 0 Å². The molecule has 0 aromatic carbocycles. The summed E-state index contributed by atoms with van der Waals surface area (Å²) in [5.41, 5.74) is 0.546. The Morgan fingerprint density at radius 2 is 1.90 bits per heavy atom. The molecule has 3 amide bonds. The van der Waals surface area contributed by atoms with Gasteiger partial charge in [0, 0.05) is 31.2 Å². The lowest BCUT2D eigenvalue weighted by Gasteiger charge is -2.14. The summed E-state index contributed by atoms with van der Waals surface area (Å²) >= 11 is 0. The van der Waals surface area contributed by atoms with Crippen molar-refractivity contribution in [3.8, 4) is 0 Å². The lowest BCUT2D eigenvalue weighted by atomic mass is 9.97. The molecule has 0 bridgehead atoms. The van der Waals surface area contributed by atoms with Crippen molar-refractivity contribution in [1.82, 2.24) is 10.2 Å². The summed E-state index contributed by atoms with van der Waals surface area (Å²) in [6, 6.07) is 0. The van der Waals surface area contributed by atoms with Crippen LogP contribution < -0.4 is 5.32 Å². The zero-order valence-corrected chi connectivity index (χ0v) is 11.9. The van der Waals surface area contributed by atoms with Gasteiger partial charge in [0.05, 0.1) is 5.68 Å². The number of hydrogen-bond donors (Lipinski definition) is 1. The number of rotatable bonds is 8. The van der Waals surface area contributed by atoms with Gasteiger partial charge in [0.2, 0.25) is 5.91 Å². The third-order valence-corrected chi connectivity index (χ3v) is 3.03. The van der Waals surface area contributed by atoms with Gasteiger partial charge in [-0.2, -0.15) is 0 Å². The first-order valence-corrected chi connectivity index (χ1v) is 6.72. The quantitative estimate of drug-likeness (QED) is 0.356. The van der Waals surface area contributed by atoms with Crippen molar-refractivity contribution in [3.05, 3.63) is 11.6 Å². The molecular formula is C13H19BN2O4. The van der Waals surface area contributed by atoms with Crippen LogP contribution in [0.15, 0.2) is 11.6 Å². The van der Waals surface area contributed by atoms with Gasteiger partial charge in [-0.05, 0) is 26.2 Å². The van der Waals surface area contributed by atoms with Crippen LogP contribution in [0.1, 0.15) is 32.6 Å². The van der Waals surface area contributed by atoms with Gasteiger partial charge < -0.3 is 10.1 Å². The van der Waals surface area contributed by atoms with Gasteiger partial charge >= 0.3 is 0 Å². The van der Waals surface area contributed by atoms with Crippen molar-refractivity contribution in [3.63, 3.8) is 0 Å². The van der Waals surface area contributed by atoms with Crippen LogP contribution in [-0.2, 0) is 19.2 Å². The highest BCUT2D eigenvalue weighted by atomic mass is 16.2. The van der Waals surface area contributed by atoms with Crippen molar-refractivity contribution >= 4 is 31.3 Å². The summed E-state index contributed by atoms with van der Waals surface area (Å²) in [7, 11) is 1.53. The minimum absolute atomic E-state index is 0.124. The average molecular weight is 278 g/mol. The topological polar surface area (TPSA) is 83.6 Å². The molecule has 1 aliphatic rings. The molecule has 0 saturated heterocycles. The fraction of sp³-hybridized carbons (Fsp3) is 0.538. The van der Waals surface area contributed by atoms with Crippen molar-refractivity contribution in [2.24, 2.45) is 0 Å². The molecular weight excluding hydrogens is 259 g/mol. The normalized spacial score (nSPS) is 14.4. The fourth-order valence-corrected chi connectivity index (χ4v) is 1.90. The molecule has 0 spiro atoms. The van der Waals surface area contributed by atoms with Gasteiger partial charge in [0.1, 0.15) is 0 Å². The van der Waals surface area contributed by atoms with E-state index < -0.39 is 0 Å². The Hall–Kier alpha value is -1.92. The molecule has 0 aromatic heterocycles. The molecule has 1 heterocycles. The molecule has 0 radical (unpaired) electrons. The molecule has 0 atom stereocenters. The van der Waals surface area contributed by atoms with Crippen LogP contribution in [0.3, 0.4) is 0 Å². The number of amides is 3. The van der Waals surface area contributed by atoms with Gasteiger partial charge in [0.25, 0.3) is 11.8 Å². The van der Waals surface area contributed by atoms with Crippen LogP contribution in [0.4, 0.5) is 0 Å². The van der Waals surface area contributed by atoms with E-state index in [0.29, 0.717) is 31.3 Å². The monoisotopic (exact) mass is 278 g/mol. The zero-order chi connectivity index (χ0) is 15.1. The van der Waals surface area contributed by atoms with E-state index >= 15 is 0 Å². The highest BCUT2D eigenvalue weighted by Crippen LogP contribution is 2.10. The molecule has 0 unspecified atom stereocenters. The zero-order valence-electron chi connectivity index (χ0n) is 11.9. The van der Waals surface area contributed by atoms with Crippen molar-refractivity contribution in [2.45, 2.75) is 32.6 Å². The molecule has 7 heteroatoms. The standard InChI is InChI=1S/C13H19BN2O4/c1-9-8-12(19)16(13(9)20)7-6-15-11(18)5-3-2-4-10(14)17/h8H,2-7,14H2,1H3,(H,15,18). The Morgan fingerprint density at radius 1 is 1.25 bits per heavy atom. The Balaban J connectivity index is 2.15. The third kappa shape index (κ3) is 4.99. The van der Waals surface area contributed by atoms with Crippen LogP contribution in [0.25, 0.3) is 0 Å². The van der Waals surface area contributed by atoms with E-state index in [0.717, 1.165) is 4.90 Å². The van der Waals surface area contributed by atoms with Crippen molar-refractivity contribution in [2.75, 3.05) is 13.1 Å². The molecule has 20 heavy (non-hydrogen) atoms. The third-order valence-electron chi connectivity index (χ3n) is 3.03. The summed E-state index contributed by atoms with van der Waals surface area (Å²) in [6.07, 6.45) is 3.51. The van der Waals surface area contributed by atoms with Gasteiger partial charge in [-0.15, -0.1) is 0 Å². The van der Waals surface area contributed by atoms with Crippen LogP contribution in [0.2, 0.25) is 0 Å². The number of carbonyl (C=O) groups is 4. The number of nitrogens with zero attached hydrogens (tertiary/aromatic N) is 1. The number of carbonyl (C=O) groups excluding carboxylic acids is 4. The first-order valence-electron chi connectivity index (χ1n) is 6.72. The summed E-state index contributed by atoms with van der Waals surface area (Å²) in [5, 5.41) is 2.66. The summed E-state index contributed by atoms with van der Waals surface area (Å²) in [6.45, 7) is 2.03. The predicted octanol–water partition coefficient (Wildman–Crippen LogP) is -0.862. The SMILES string of the molecule is BC(=O)CCCCC(=O)NCCN1C(=O)C=C(C)C1=O. The predicted molar refractivity (Wildman–Crippen MR) is 75.5 cm³/mol. The second kappa shape index (κ2) is 7.62. The number of unbranched alkanes of at least 4 members (excludes halogenated alkanes) is 1. The molecule has 1 N–H and O–H groups in total. The maximum absolute atomic E-state index is 11.6. The highest BCUT2D eigenvalue weighted by Gasteiger charge is 2.27. The van der Waals surface area contributed by atoms with Gasteiger partial charge in [-0.3, -0.25) is 19.3 Å². The maximum Gasteiger partial charge on any atom is 0.256 e. The van der Waals surface area contributed by atoms with Crippen LogP contribution in [0.5, 0.6) is 0 Å². The fourth-order valence-electron chi connectivity index (χ4n) is 1.90. The summed E-state index contributed by atoms with van der Waals surface area (Å²) in [4.78, 5) is 46.3. The highest BCUT2D eigenvalue weighted by molar-refractivity contribution is 6.57. The van der Waals surface area contributed by atoms with Gasteiger partial charge in [-0.25, -0.2) is 0 Å². The van der Waals surface area contributed by atoms with Crippen LogP contribution in [-0.4, -0.2) is 49.2 Å². The molecule has 0 aliphatic carbocycles. The molecule has 0 saturated carbocycles. The van der Waals surface area contributed by atoms with E-state index in [9.17, 15) is 19.2 Å². The first-order chi connectivity index (χ1) is 9.41. The molecule has 1 rings (SSSR count). The van der Waals surface area contributed by atoms with E-state index in [-0.39, 0.29) is 36.5 Å². The summed E-state index contributed by atoms with van der Waals surface area (Å²) in [5.74, 6) is -0.758. The Labute approximate surface area is 119 Å². The Kier molecular flexibility index (Phi) is 6.15. The van der Waals surface area contributed by atoms with Crippen LogP contribution in [0, 0.1) is 0 Å². The van der Waals surface area contributed by atoms with E-state index in [4.69, 9.17) is 0 Å². The average Bonchev–Trinajstić information content (AvgIpc) is 2.61. The maximum atomic E-state index is 11.6. The second-order valence-electron chi connectivity index (χ2n) is 4.88. The lowest BCUT2D eigenvalue weighted by molar-refractivity contribution is -0.137. The Morgan fingerprint density at radius 3 is 2.45 bits per heavy atom. The second-order valence-corrected chi connectivity index (χ2v) is 4.88. The molecule has 1 aliphatic heterocycles. The number of imide groups is 1.